The molecule has 2 N–H and O–H groups in total. The third kappa shape index (κ3) is 5.22. The summed E-state index contributed by atoms with van der Waals surface area (Å²) in [7, 11) is 0. The molecule has 0 aliphatic heterocycles. The Hall–Kier alpha value is -3.80. The van der Waals surface area contributed by atoms with Crippen molar-refractivity contribution in [3.8, 4) is 16.9 Å². The minimum Gasteiger partial charge on any atom is -0.488 e. The van der Waals surface area contributed by atoms with Crippen molar-refractivity contribution in [1.29, 1.82) is 0 Å². The molecule has 0 radical (unpaired) electrons. The van der Waals surface area contributed by atoms with Crippen LogP contribution in [0.1, 0.15) is 55.8 Å². The summed E-state index contributed by atoms with van der Waals surface area (Å²) in [5.74, 6) is -0.581. The Morgan fingerprint density at radius 3 is 2.06 bits per heavy atom. The number of carboxylic acid groups (broad SMARTS) is 1. The highest BCUT2D eigenvalue weighted by Gasteiger charge is 2.30. The average Bonchev–Trinajstić information content (AvgIpc) is 3.10. The number of carboxylic acids is 1. The summed E-state index contributed by atoms with van der Waals surface area (Å²) in [6, 6.07) is 22.5. The van der Waals surface area contributed by atoms with E-state index in [0.29, 0.717) is 11.3 Å². The van der Waals surface area contributed by atoms with Gasteiger partial charge in [-0.3, -0.25) is 4.79 Å². The van der Waals surface area contributed by atoms with E-state index in [9.17, 15) is 14.7 Å². The summed E-state index contributed by atoms with van der Waals surface area (Å²) in [5.41, 5.74) is 4.62. The number of nitrogens with one attached hydrogen (secondary N) is 1. The van der Waals surface area contributed by atoms with Crippen molar-refractivity contribution in [3.05, 3.63) is 89.5 Å². The maximum atomic E-state index is 12.8. The predicted molar refractivity (Wildman–Crippen MR) is 130 cm³/mol. The van der Waals surface area contributed by atoms with Gasteiger partial charge in [-0.2, -0.15) is 0 Å². The number of rotatable bonds is 7. The standard InChI is InChI=1S/C28H29NO5/c1-28(2,3)34-25-15-9-8-14-22(25)24(16-26(30)31)29-27(32)33-17-23-20-12-6-4-10-18(20)19-11-5-7-13-21(19)23/h4-15,23-24H,16-17H2,1-3H3,(H,29,32)(H,30,31)/t24-/m0/s1. The molecule has 0 saturated carbocycles. The van der Waals surface area contributed by atoms with Crippen LogP contribution < -0.4 is 10.1 Å². The van der Waals surface area contributed by atoms with E-state index in [2.05, 4.69) is 29.6 Å². The average molecular weight is 460 g/mol. The molecule has 0 fully saturated rings. The number of aliphatic carboxylic acids is 1. The zero-order valence-electron chi connectivity index (χ0n) is 19.6. The highest BCUT2D eigenvalue weighted by atomic mass is 16.5. The second-order valence-corrected chi connectivity index (χ2v) is 9.37. The number of hydrogen-bond acceptors (Lipinski definition) is 4. The van der Waals surface area contributed by atoms with Crippen LogP contribution in [0, 0.1) is 0 Å². The van der Waals surface area contributed by atoms with Crippen molar-refractivity contribution in [2.45, 2.75) is 44.8 Å². The first-order chi connectivity index (χ1) is 16.2. The minimum absolute atomic E-state index is 0.0763. The number of amides is 1. The van der Waals surface area contributed by atoms with Crippen LogP contribution in [0.4, 0.5) is 4.79 Å². The fourth-order valence-corrected chi connectivity index (χ4v) is 4.39. The van der Waals surface area contributed by atoms with Crippen LogP contribution in [0.15, 0.2) is 72.8 Å². The molecule has 4 rings (SSSR count). The second kappa shape index (κ2) is 9.59. The van der Waals surface area contributed by atoms with Crippen molar-refractivity contribution < 1.29 is 24.2 Å². The molecule has 0 heterocycles. The van der Waals surface area contributed by atoms with E-state index >= 15 is 0 Å². The molecule has 3 aromatic carbocycles. The van der Waals surface area contributed by atoms with Crippen LogP contribution in [0.2, 0.25) is 0 Å². The molecule has 1 aliphatic carbocycles. The Labute approximate surface area is 199 Å². The Balaban J connectivity index is 1.51. The number of para-hydroxylation sites is 1. The Morgan fingerprint density at radius 2 is 1.47 bits per heavy atom. The van der Waals surface area contributed by atoms with Crippen LogP contribution in [0.5, 0.6) is 5.75 Å². The monoisotopic (exact) mass is 459 g/mol. The van der Waals surface area contributed by atoms with Crippen LogP contribution in [-0.2, 0) is 9.53 Å². The van der Waals surface area contributed by atoms with E-state index in [-0.39, 0.29) is 18.9 Å². The van der Waals surface area contributed by atoms with E-state index < -0.39 is 23.7 Å². The molecular weight excluding hydrogens is 430 g/mol. The maximum Gasteiger partial charge on any atom is 0.407 e. The van der Waals surface area contributed by atoms with Gasteiger partial charge >= 0.3 is 12.1 Å². The number of fused-ring (bicyclic) bond motifs is 3. The first-order valence-electron chi connectivity index (χ1n) is 11.3. The maximum absolute atomic E-state index is 12.8. The zero-order chi connectivity index (χ0) is 24.3. The second-order valence-electron chi connectivity index (χ2n) is 9.37. The van der Waals surface area contributed by atoms with Gasteiger partial charge in [-0.25, -0.2) is 4.79 Å². The lowest BCUT2D eigenvalue weighted by Crippen LogP contribution is -2.32. The zero-order valence-corrected chi connectivity index (χ0v) is 19.6. The molecule has 6 nitrogen and oxygen atoms in total. The third-order valence-electron chi connectivity index (χ3n) is 5.73. The summed E-state index contributed by atoms with van der Waals surface area (Å²) >= 11 is 0. The summed E-state index contributed by atoms with van der Waals surface area (Å²) in [4.78, 5) is 24.4. The Bertz CT molecular complexity index is 1150. The summed E-state index contributed by atoms with van der Waals surface area (Å²) in [5, 5.41) is 12.2. The van der Waals surface area contributed by atoms with E-state index in [1.54, 1.807) is 18.2 Å². The normalized spacial score (nSPS) is 13.5. The van der Waals surface area contributed by atoms with Crippen molar-refractivity contribution in [2.24, 2.45) is 0 Å². The fourth-order valence-electron chi connectivity index (χ4n) is 4.39. The molecule has 1 atom stereocenters. The topological polar surface area (TPSA) is 84.9 Å². The fraction of sp³-hybridized carbons (Fsp3) is 0.286. The highest BCUT2D eigenvalue weighted by molar-refractivity contribution is 5.79. The predicted octanol–water partition coefficient (Wildman–Crippen LogP) is 5.92. The van der Waals surface area contributed by atoms with Gasteiger partial charge in [0.15, 0.2) is 0 Å². The van der Waals surface area contributed by atoms with Crippen molar-refractivity contribution in [2.75, 3.05) is 6.61 Å². The molecule has 6 heteroatoms. The smallest absolute Gasteiger partial charge is 0.407 e. The molecule has 0 unspecified atom stereocenters. The first-order valence-corrected chi connectivity index (χ1v) is 11.3. The quantitative estimate of drug-likeness (QED) is 0.458. The molecule has 0 spiro atoms. The number of hydrogen-bond donors (Lipinski definition) is 2. The first kappa shape index (κ1) is 23.4. The molecular formula is C28H29NO5. The summed E-state index contributed by atoms with van der Waals surface area (Å²) in [6.45, 7) is 5.89. The van der Waals surface area contributed by atoms with Crippen LogP contribution in [0.25, 0.3) is 11.1 Å². The number of ether oxygens (including phenoxy) is 2. The lowest BCUT2D eigenvalue weighted by Gasteiger charge is -2.26. The van der Waals surface area contributed by atoms with Gasteiger partial charge in [0.25, 0.3) is 0 Å². The summed E-state index contributed by atoms with van der Waals surface area (Å²) in [6.07, 6.45) is -0.965. The van der Waals surface area contributed by atoms with Crippen molar-refractivity contribution in [3.63, 3.8) is 0 Å². The van der Waals surface area contributed by atoms with Gasteiger partial charge in [0.05, 0.1) is 12.5 Å². The lowest BCUT2D eigenvalue weighted by molar-refractivity contribution is -0.137. The van der Waals surface area contributed by atoms with Gasteiger partial charge in [0.1, 0.15) is 18.0 Å². The molecule has 0 saturated heterocycles. The van der Waals surface area contributed by atoms with Gasteiger partial charge in [-0.05, 0) is 49.1 Å². The van der Waals surface area contributed by atoms with Crippen LogP contribution >= 0.6 is 0 Å². The largest absolute Gasteiger partial charge is 0.488 e. The Kier molecular flexibility index (Phi) is 6.59. The van der Waals surface area contributed by atoms with E-state index in [4.69, 9.17) is 9.47 Å². The molecule has 1 amide bonds. The van der Waals surface area contributed by atoms with Crippen molar-refractivity contribution >= 4 is 12.1 Å². The molecule has 0 bridgehead atoms. The molecule has 1 aliphatic rings. The number of carbonyl (C=O) groups excluding carboxylic acids is 1. The molecule has 176 valence electrons. The SMILES string of the molecule is CC(C)(C)Oc1ccccc1[C@H](CC(=O)O)NC(=O)OCC1c2ccccc2-c2ccccc21. The van der Waals surface area contributed by atoms with E-state index in [1.165, 1.54) is 0 Å². The molecule has 0 aromatic heterocycles. The Morgan fingerprint density at radius 1 is 0.912 bits per heavy atom. The van der Waals surface area contributed by atoms with Gasteiger partial charge in [-0.1, -0.05) is 66.7 Å². The lowest BCUT2D eigenvalue weighted by atomic mass is 9.98. The van der Waals surface area contributed by atoms with Gasteiger partial charge in [0.2, 0.25) is 0 Å². The van der Waals surface area contributed by atoms with Crippen LogP contribution in [0.3, 0.4) is 0 Å². The molecule has 34 heavy (non-hydrogen) atoms. The minimum atomic E-state index is -1.03. The number of benzene rings is 3. The highest BCUT2D eigenvalue weighted by Crippen LogP contribution is 2.44. The summed E-state index contributed by atoms with van der Waals surface area (Å²) < 4.78 is 11.6. The molecule has 3 aromatic rings. The van der Waals surface area contributed by atoms with E-state index in [1.807, 2.05) is 51.1 Å². The third-order valence-corrected chi connectivity index (χ3v) is 5.73. The van der Waals surface area contributed by atoms with Gasteiger partial charge < -0.3 is 19.9 Å². The van der Waals surface area contributed by atoms with Gasteiger partial charge in [0, 0.05) is 11.5 Å². The number of carbonyl (C=O) groups is 2. The number of alkyl carbamates (subject to hydrolysis) is 1. The van der Waals surface area contributed by atoms with Crippen molar-refractivity contribution in [1.82, 2.24) is 5.32 Å². The van der Waals surface area contributed by atoms with E-state index in [0.717, 1.165) is 22.3 Å². The van der Waals surface area contributed by atoms with Crippen LogP contribution in [-0.4, -0.2) is 29.4 Å². The van der Waals surface area contributed by atoms with Gasteiger partial charge in [-0.15, -0.1) is 0 Å².